The monoisotopic (exact) mass is 396 g/mol. The van der Waals surface area contributed by atoms with Crippen molar-refractivity contribution in [3.05, 3.63) is 0 Å². The molecule has 1 aliphatic heterocycles. The molecule has 5 heteroatoms. The van der Waals surface area contributed by atoms with E-state index in [1.807, 2.05) is 0 Å². The lowest BCUT2D eigenvalue weighted by Crippen LogP contribution is -2.40. The number of hydrogen-bond acceptors (Lipinski definition) is 2. The molecule has 0 aromatic rings. The van der Waals surface area contributed by atoms with Crippen molar-refractivity contribution in [2.45, 2.75) is 53.0 Å². The zero-order chi connectivity index (χ0) is 14.3. The van der Waals surface area contributed by atoms with E-state index in [0.29, 0.717) is 17.9 Å². The molecule has 1 heterocycles. The third-order valence-corrected chi connectivity index (χ3v) is 3.75. The first-order valence-electron chi connectivity index (χ1n) is 7.80. The third kappa shape index (κ3) is 8.29. The number of likely N-dealkylation sites (tertiary alicyclic amines) is 1. The molecular weight excluding hydrogens is 363 g/mol. The number of guanidine groups is 1. The molecule has 20 heavy (non-hydrogen) atoms. The molecule has 120 valence electrons. The van der Waals surface area contributed by atoms with E-state index in [1.165, 1.54) is 32.5 Å². The van der Waals surface area contributed by atoms with Gasteiger partial charge in [-0.15, -0.1) is 24.0 Å². The van der Waals surface area contributed by atoms with Gasteiger partial charge in [0.15, 0.2) is 5.96 Å². The summed E-state index contributed by atoms with van der Waals surface area (Å²) >= 11 is 0. The fourth-order valence-electron chi connectivity index (χ4n) is 2.61. The van der Waals surface area contributed by atoms with Crippen molar-refractivity contribution >= 4 is 29.9 Å². The molecule has 2 unspecified atom stereocenters. The van der Waals surface area contributed by atoms with E-state index in [1.54, 1.807) is 0 Å². The second-order valence-corrected chi connectivity index (χ2v) is 6.34. The van der Waals surface area contributed by atoms with Crippen molar-refractivity contribution in [1.29, 1.82) is 0 Å². The summed E-state index contributed by atoms with van der Waals surface area (Å²) in [6.07, 6.45) is 3.65. The van der Waals surface area contributed by atoms with E-state index in [4.69, 9.17) is 5.73 Å². The number of nitrogens with one attached hydrogen (secondary N) is 1. The summed E-state index contributed by atoms with van der Waals surface area (Å²) in [5.41, 5.74) is 5.91. The van der Waals surface area contributed by atoms with Crippen molar-refractivity contribution in [2.24, 2.45) is 22.6 Å². The van der Waals surface area contributed by atoms with Crippen LogP contribution >= 0.6 is 24.0 Å². The third-order valence-electron chi connectivity index (χ3n) is 3.75. The minimum Gasteiger partial charge on any atom is -0.370 e. The minimum atomic E-state index is 0. The summed E-state index contributed by atoms with van der Waals surface area (Å²) in [5.74, 6) is 2.03. The fraction of sp³-hybridized carbons (Fsp3) is 0.933. The maximum absolute atomic E-state index is 5.91. The predicted molar refractivity (Wildman–Crippen MR) is 98.8 cm³/mol. The number of rotatable bonds is 6. The standard InChI is InChI=1S/C15H32N4.HI/c1-5-13(4)18-15(16)17-9-14-7-6-8-19(11-14)10-12(2)3;/h12-14H,5-11H2,1-4H3,(H3,16,17,18);1H. The van der Waals surface area contributed by atoms with E-state index in [0.717, 1.165) is 18.9 Å². The van der Waals surface area contributed by atoms with Gasteiger partial charge in [-0.2, -0.15) is 0 Å². The van der Waals surface area contributed by atoms with Gasteiger partial charge in [0, 0.05) is 25.7 Å². The van der Waals surface area contributed by atoms with Crippen LogP contribution in [-0.2, 0) is 0 Å². The molecule has 0 spiro atoms. The molecule has 0 radical (unpaired) electrons. The van der Waals surface area contributed by atoms with Crippen molar-refractivity contribution in [3.8, 4) is 0 Å². The average molecular weight is 396 g/mol. The lowest BCUT2D eigenvalue weighted by atomic mass is 9.97. The summed E-state index contributed by atoms with van der Waals surface area (Å²) in [6.45, 7) is 13.4. The summed E-state index contributed by atoms with van der Waals surface area (Å²) in [6, 6.07) is 0.410. The number of nitrogens with two attached hydrogens (primary N) is 1. The van der Waals surface area contributed by atoms with Crippen molar-refractivity contribution in [1.82, 2.24) is 10.2 Å². The lowest BCUT2D eigenvalue weighted by molar-refractivity contribution is 0.162. The number of piperidine rings is 1. The Balaban J connectivity index is 0.00000361. The molecule has 2 atom stereocenters. The van der Waals surface area contributed by atoms with Gasteiger partial charge < -0.3 is 16.0 Å². The maximum atomic E-state index is 5.91. The van der Waals surface area contributed by atoms with Gasteiger partial charge in [-0.3, -0.25) is 4.99 Å². The predicted octanol–water partition coefficient (Wildman–Crippen LogP) is 2.68. The van der Waals surface area contributed by atoms with Gasteiger partial charge in [0.1, 0.15) is 0 Å². The van der Waals surface area contributed by atoms with Crippen molar-refractivity contribution in [2.75, 3.05) is 26.2 Å². The quantitative estimate of drug-likeness (QED) is 0.412. The summed E-state index contributed by atoms with van der Waals surface area (Å²) in [7, 11) is 0. The number of hydrogen-bond donors (Lipinski definition) is 2. The highest BCUT2D eigenvalue weighted by atomic mass is 127. The topological polar surface area (TPSA) is 53.6 Å². The molecule has 1 aliphatic rings. The molecule has 3 N–H and O–H groups in total. The molecule has 0 aromatic heterocycles. The van der Waals surface area contributed by atoms with Crippen LogP contribution in [0.4, 0.5) is 0 Å². The Morgan fingerprint density at radius 1 is 1.40 bits per heavy atom. The highest BCUT2D eigenvalue weighted by molar-refractivity contribution is 14.0. The minimum absolute atomic E-state index is 0. The van der Waals surface area contributed by atoms with Gasteiger partial charge >= 0.3 is 0 Å². The largest absolute Gasteiger partial charge is 0.370 e. The first-order chi connectivity index (χ1) is 9.01. The SMILES string of the molecule is CCC(C)NC(N)=NCC1CCCN(CC(C)C)C1.I. The number of aliphatic imine (C=N–C) groups is 1. The van der Waals surface area contributed by atoms with Gasteiger partial charge in [-0.1, -0.05) is 20.8 Å². The van der Waals surface area contributed by atoms with Gasteiger partial charge in [-0.05, 0) is 44.6 Å². The molecule has 0 saturated carbocycles. The Morgan fingerprint density at radius 3 is 2.70 bits per heavy atom. The van der Waals surface area contributed by atoms with Crippen LogP contribution in [0.3, 0.4) is 0 Å². The van der Waals surface area contributed by atoms with Crippen LogP contribution in [0.5, 0.6) is 0 Å². The molecule has 4 nitrogen and oxygen atoms in total. The van der Waals surface area contributed by atoms with Gasteiger partial charge in [0.25, 0.3) is 0 Å². The molecule has 1 fully saturated rings. The Labute approximate surface area is 142 Å². The highest BCUT2D eigenvalue weighted by Gasteiger charge is 2.20. The van der Waals surface area contributed by atoms with E-state index >= 15 is 0 Å². The fourth-order valence-corrected chi connectivity index (χ4v) is 2.61. The number of halogens is 1. The number of nitrogens with zero attached hydrogens (tertiary/aromatic N) is 2. The second-order valence-electron chi connectivity index (χ2n) is 6.34. The summed E-state index contributed by atoms with van der Waals surface area (Å²) in [4.78, 5) is 7.08. The molecule has 0 amide bonds. The van der Waals surface area contributed by atoms with E-state index < -0.39 is 0 Å². The molecular formula is C15H33IN4. The normalized spacial score (nSPS) is 22.4. The van der Waals surface area contributed by atoms with Gasteiger partial charge in [0.2, 0.25) is 0 Å². The first kappa shape index (κ1) is 20.0. The molecule has 1 rings (SSSR count). The maximum Gasteiger partial charge on any atom is 0.188 e. The molecule has 0 aromatic carbocycles. The summed E-state index contributed by atoms with van der Waals surface area (Å²) < 4.78 is 0. The van der Waals surface area contributed by atoms with Crippen LogP contribution < -0.4 is 11.1 Å². The van der Waals surface area contributed by atoms with Gasteiger partial charge in [-0.25, -0.2) is 0 Å². The van der Waals surface area contributed by atoms with Crippen molar-refractivity contribution in [3.63, 3.8) is 0 Å². The molecule has 0 aliphatic carbocycles. The Kier molecular flexibility index (Phi) is 10.6. The van der Waals surface area contributed by atoms with Crippen LogP contribution in [0.25, 0.3) is 0 Å². The zero-order valence-electron chi connectivity index (χ0n) is 13.6. The van der Waals surface area contributed by atoms with Crippen LogP contribution in [0.1, 0.15) is 47.0 Å². The van der Waals surface area contributed by atoms with E-state index in [2.05, 4.69) is 42.9 Å². The molecule has 1 saturated heterocycles. The Bertz CT molecular complexity index is 281. The van der Waals surface area contributed by atoms with E-state index in [-0.39, 0.29) is 24.0 Å². The van der Waals surface area contributed by atoms with Crippen molar-refractivity contribution < 1.29 is 0 Å². The summed E-state index contributed by atoms with van der Waals surface area (Å²) in [5, 5.41) is 3.23. The van der Waals surface area contributed by atoms with Crippen LogP contribution in [0, 0.1) is 11.8 Å². The molecule has 0 bridgehead atoms. The van der Waals surface area contributed by atoms with E-state index in [9.17, 15) is 0 Å². The Hall–Kier alpha value is -0.0400. The van der Waals surface area contributed by atoms with Crippen LogP contribution in [0.15, 0.2) is 4.99 Å². The highest BCUT2D eigenvalue weighted by Crippen LogP contribution is 2.17. The van der Waals surface area contributed by atoms with Crippen LogP contribution in [-0.4, -0.2) is 43.1 Å². The van der Waals surface area contributed by atoms with Crippen LogP contribution in [0.2, 0.25) is 0 Å². The lowest BCUT2D eigenvalue weighted by Gasteiger charge is -2.33. The first-order valence-corrected chi connectivity index (χ1v) is 7.80. The zero-order valence-corrected chi connectivity index (χ0v) is 15.9. The second kappa shape index (κ2) is 10.7. The van der Waals surface area contributed by atoms with Gasteiger partial charge in [0.05, 0.1) is 0 Å². The smallest absolute Gasteiger partial charge is 0.188 e. The Morgan fingerprint density at radius 2 is 2.10 bits per heavy atom. The average Bonchev–Trinajstić information content (AvgIpc) is 2.36.